The lowest BCUT2D eigenvalue weighted by Crippen LogP contribution is -2.09. The molecular weight excluding hydrogens is 332 g/mol. The van der Waals surface area contributed by atoms with Gasteiger partial charge in [0.2, 0.25) is 0 Å². The zero-order valence-electron chi connectivity index (χ0n) is 10.9. The van der Waals surface area contributed by atoms with Gasteiger partial charge in [-0.2, -0.15) is 0 Å². The molecule has 22 heavy (non-hydrogen) atoms. The van der Waals surface area contributed by atoms with Gasteiger partial charge in [0, 0.05) is 10.9 Å². The molecule has 1 aromatic carbocycles. The zero-order valence-corrected chi connectivity index (χ0v) is 12.5. The maximum atomic E-state index is 11.3. The Kier molecular flexibility index (Phi) is 4.74. The van der Waals surface area contributed by atoms with E-state index in [1.165, 1.54) is 0 Å². The maximum Gasteiger partial charge on any atom is 0.349 e. The number of nitrogen functional groups attached to an aromatic ring is 1. The van der Waals surface area contributed by atoms with Crippen LogP contribution in [-0.4, -0.2) is 23.6 Å². The van der Waals surface area contributed by atoms with Gasteiger partial charge in [-0.1, -0.05) is 23.7 Å². The molecule has 0 spiro atoms. The standard InChI is InChI=1S/C13H9ClN2O5S/c14-9-10(21-5-8(17)16-20)12(13(18)19)22-11(9)6-2-1-3-7(15)4-6/h1-4H,5,15H2,(H,18,19). The molecule has 2 aromatic rings. The van der Waals surface area contributed by atoms with Crippen LogP contribution in [-0.2, 0) is 4.79 Å². The first-order valence-electron chi connectivity index (χ1n) is 5.84. The van der Waals surface area contributed by atoms with Gasteiger partial charge < -0.3 is 15.6 Å². The van der Waals surface area contributed by atoms with E-state index >= 15 is 0 Å². The molecule has 0 saturated heterocycles. The number of halogens is 1. The van der Waals surface area contributed by atoms with E-state index in [-0.39, 0.29) is 15.6 Å². The van der Waals surface area contributed by atoms with Crippen molar-refractivity contribution in [2.75, 3.05) is 12.3 Å². The summed E-state index contributed by atoms with van der Waals surface area (Å²) in [6, 6.07) is 6.71. The first-order chi connectivity index (χ1) is 10.4. The van der Waals surface area contributed by atoms with Crippen molar-refractivity contribution in [1.29, 1.82) is 0 Å². The number of ether oxygens (including phenoxy) is 1. The van der Waals surface area contributed by atoms with Crippen LogP contribution in [0.1, 0.15) is 9.67 Å². The molecule has 0 fully saturated rings. The van der Waals surface area contributed by atoms with E-state index in [0.717, 1.165) is 11.3 Å². The van der Waals surface area contributed by atoms with Crippen LogP contribution in [0.25, 0.3) is 10.4 Å². The van der Waals surface area contributed by atoms with E-state index < -0.39 is 18.5 Å². The second kappa shape index (κ2) is 6.54. The summed E-state index contributed by atoms with van der Waals surface area (Å²) >= 11 is 7.03. The minimum atomic E-state index is -1.26. The number of hydrogen-bond donors (Lipinski definition) is 2. The first kappa shape index (κ1) is 15.9. The van der Waals surface area contributed by atoms with Gasteiger partial charge in [-0.3, -0.25) is 4.79 Å². The Balaban J connectivity index is 2.47. The lowest BCUT2D eigenvalue weighted by molar-refractivity contribution is -0.119. The molecule has 0 unspecified atom stereocenters. The number of aromatic carboxylic acids is 1. The Hall–Kier alpha value is -2.45. The second-order valence-electron chi connectivity index (χ2n) is 4.11. The minimum Gasteiger partial charge on any atom is -0.480 e. The number of benzene rings is 1. The van der Waals surface area contributed by atoms with Crippen molar-refractivity contribution < 1.29 is 19.4 Å². The van der Waals surface area contributed by atoms with E-state index in [1.54, 1.807) is 24.3 Å². The number of carbonyl (C=O) groups is 2. The third-order valence-electron chi connectivity index (χ3n) is 2.59. The molecule has 7 nitrogen and oxygen atoms in total. The number of anilines is 1. The molecule has 2 rings (SSSR count). The molecule has 0 atom stereocenters. The summed E-state index contributed by atoms with van der Waals surface area (Å²) in [5, 5.41) is 11.4. The summed E-state index contributed by atoms with van der Waals surface area (Å²) in [5.74, 6) is -2.50. The number of nitrogens with zero attached hydrogens (tertiary/aromatic N) is 1. The quantitative estimate of drug-likeness (QED) is 0.637. The molecule has 0 radical (unpaired) electrons. The average molecular weight is 341 g/mol. The highest BCUT2D eigenvalue weighted by Gasteiger charge is 2.24. The van der Waals surface area contributed by atoms with Crippen molar-refractivity contribution in [3.63, 3.8) is 0 Å². The number of thiophene rings is 1. The Labute approximate surface area is 133 Å². The van der Waals surface area contributed by atoms with Crippen LogP contribution in [0.4, 0.5) is 5.69 Å². The Bertz CT molecular complexity index is 759. The third kappa shape index (κ3) is 3.23. The van der Waals surface area contributed by atoms with Gasteiger partial charge in [0.25, 0.3) is 0 Å². The molecule has 0 bridgehead atoms. The number of carbonyl (C=O) groups excluding carboxylic acids is 1. The van der Waals surface area contributed by atoms with E-state index in [9.17, 15) is 19.6 Å². The molecule has 0 aliphatic rings. The molecule has 3 N–H and O–H groups in total. The van der Waals surface area contributed by atoms with Crippen LogP contribution < -0.4 is 10.5 Å². The summed E-state index contributed by atoms with van der Waals surface area (Å²) in [6.45, 7) is -0.684. The van der Waals surface area contributed by atoms with Gasteiger partial charge in [0.05, 0.1) is 4.88 Å². The van der Waals surface area contributed by atoms with Crippen molar-refractivity contribution in [2.45, 2.75) is 0 Å². The smallest absolute Gasteiger partial charge is 0.349 e. The molecule has 0 aliphatic heterocycles. The predicted molar refractivity (Wildman–Crippen MR) is 82.4 cm³/mol. The molecular formula is C13H9ClN2O5S. The fourth-order valence-electron chi connectivity index (χ4n) is 1.69. The molecule has 0 saturated carbocycles. The van der Waals surface area contributed by atoms with E-state index in [2.05, 4.69) is 5.18 Å². The Morgan fingerprint density at radius 3 is 2.73 bits per heavy atom. The normalized spacial score (nSPS) is 10.2. The molecule has 1 heterocycles. The van der Waals surface area contributed by atoms with Crippen LogP contribution >= 0.6 is 22.9 Å². The monoisotopic (exact) mass is 340 g/mol. The van der Waals surface area contributed by atoms with E-state index in [1.807, 2.05) is 0 Å². The van der Waals surface area contributed by atoms with Gasteiger partial charge in [0.1, 0.15) is 5.02 Å². The van der Waals surface area contributed by atoms with Crippen molar-refractivity contribution >= 4 is 40.5 Å². The Morgan fingerprint density at radius 1 is 1.41 bits per heavy atom. The minimum absolute atomic E-state index is 0.0340. The molecule has 114 valence electrons. The number of carboxylic acids is 1. The highest BCUT2D eigenvalue weighted by molar-refractivity contribution is 7.18. The highest BCUT2D eigenvalue weighted by Crippen LogP contribution is 2.45. The number of hydrogen-bond acceptors (Lipinski definition) is 6. The molecule has 0 aliphatic carbocycles. The van der Waals surface area contributed by atoms with Crippen LogP contribution in [0.3, 0.4) is 0 Å². The molecule has 1 amide bonds. The maximum absolute atomic E-state index is 11.3. The average Bonchev–Trinajstić information content (AvgIpc) is 2.82. The first-order valence-corrected chi connectivity index (χ1v) is 7.04. The van der Waals surface area contributed by atoms with Crippen molar-refractivity contribution in [3.8, 4) is 16.2 Å². The fraction of sp³-hybridized carbons (Fsp3) is 0.0769. The number of rotatable bonds is 5. The number of nitroso groups, excluding NO2 is 1. The van der Waals surface area contributed by atoms with Gasteiger partial charge in [-0.05, 0) is 17.7 Å². The van der Waals surface area contributed by atoms with E-state index in [0.29, 0.717) is 16.1 Å². The SMILES string of the molecule is Nc1cccc(-c2sc(C(=O)O)c(OCC(=O)N=O)c2Cl)c1. The summed E-state index contributed by atoms with van der Waals surface area (Å²) in [4.78, 5) is 32.5. The topological polar surface area (TPSA) is 119 Å². The van der Waals surface area contributed by atoms with Crippen molar-refractivity contribution in [2.24, 2.45) is 5.18 Å². The lowest BCUT2D eigenvalue weighted by atomic mass is 10.1. The summed E-state index contributed by atoms with van der Waals surface area (Å²) in [6.07, 6.45) is 0. The van der Waals surface area contributed by atoms with Crippen LogP contribution in [0.2, 0.25) is 5.02 Å². The molecule has 9 heteroatoms. The van der Waals surface area contributed by atoms with Gasteiger partial charge in [0.15, 0.2) is 17.2 Å². The van der Waals surface area contributed by atoms with Gasteiger partial charge in [-0.15, -0.1) is 16.2 Å². The Morgan fingerprint density at radius 2 is 2.14 bits per heavy atom. The lowest BCUT2D eigenvalue weighted by Gasteiger charge is -2.03. The highest BCUT2D eigenvalue weighted by atomic mass is 35.5. The second-order valence-corrected chi connectivity index (χ2v) is 5.51. The van der Waals surface area contributed by atoms with Gasteiger partial charge in [-0.25, -0.2) is 4.79 Å². The van der Waals surface area contributed by atoms with Crippen LogP contribution in [0.15, 0.2) is 29.4 Å². The predicted octanol–water partition coefficient (Wildman–Crippen LogP) is 3.02. The van der Waals surface area contributed by atoms with Crippen molar-refractivity contribution in [1.82, 2.24) is 0 Å². The van der Waals surface area contributed by atoms with E-state index in [4.69, 9.17) is 22.1 Å². The summed E-state index contributed by atoms with van der Waals surface area (Å²) < 4.78 is 5.04. The number of nitrogens with two attached hydrogens (primary N) is 1. The number of amides is 1. The largest absolute Gasteiger partial charge is 0.480 e. The summed E-state index contributed by atoms with van der Waals surface area (Å²) in [7, 11) is 0. The fourth-order valence-corrected chi connectivity index (χ4v) is 3.09. The number of carboxylic acid groups (broad SMARTS) is 1. The van der Waals surface area contributed by atoms with Gasteiger partial charge >= 0.3 is 11.9 Å². The van der Waals surface area contributed by atoms with Crippen LogP contribution in [0, 0.1) is 4.91 Å². The summed E-state index contributed by atoms with van der Waals surface area (Å²) in [5.41, 5.74) is 6.79. The zero-order chi connectivity index (χ0) is 16.3. The molecule has 1 aromatic heterocycles. The van der Waals surface area contributed by atoms with Crippen LogP contribution in [0.5, 0.6) is 5.75 Å². The van der Waals surface area contributed by atoms with Crippen molar-refractivity contribution in [3.05, 3.63) is 39.1 Å². The third-order valence-corrected chi connectivity index (χ3v) is 4.27.